The van der Waals surface area contributed by atoms with Gasteiger partial charge in [-0.05, 0) is 56.4 Å². The van der Waals surface area contributed by atoms with Gasteiger partial charge in [-0.15, -0.1) is 0 Å². The minimum absolute atomic E-state index is 0.0497. The number of hydrogen-bond acceptors (Lipinski definition) is 3. The number of fused-ring (bicyclic) bond motifs is 1. The van der Waals surface area contributed by atoms with Gasteiger partial charge in [0, 0.05) is 19.6 Å². The van der Waals surface area contributed by atoms with E-state index < -0.39 is 0 Å². The van der Waals surface area contributed by atoms with E-state index in [1.807, 2.05) is 11.1 Å². The molecule has 2 heterocycles. The van der Waals surface area contributed by atoms with E-state index in [1.165, 1.54) is 18.4 Å². The monoisotopic (exact) mass is 330 g/mol. The van der Waals surface area contributed by atoms with Crippen molar-refractivity contribution in [2.24, 2.45) is 11.8 Å². The van der Waals surface area contributed by atoms with E-state index in [2.05, 4.69) is 15.5 Å². The summed E-state index contributed by atoms with van der Waals surface area (Å²) in [6.07, 6.45) is 9.04. The summed E-state index contributed by atoms with van der Waals surface area (Å²) in [6.45, 7) is 2.14. The highest BCUT2D eigenvalue weighted by Crippen LogP contribution is 2.32. The van der Waals surface area contributed by atoms with E-state index in [4.69, 9.17) is 0 Å². The number of nitrogens with zero attached hydrogens (tertiary/aromatic N) is 2. The third-order valence-electron chi connectivity index (χ3n) is 5.70. The van der Waals surface area contributed by atoms with Gasteiger partial charge in [0.15, 0.2) is 0 Å². The summed E-state index contributed by atoms with van der Waals surface area (Å²) < 4.78 is 0. The standard InChI is InChI=1S/C18H26N4O2/c23-17(19-9-12-6-7-12)14-4-2-8-22(11-14)18(24)15-5-1-3-13-10-20-21-16(13)15/h10,12,14-15H,1-9,11H2,(H,19,23)(H,20,21)/t14-,15+/m0/s1. The molecule has 1 aliphatic heterocycles. The lowest BCUT2D eigenvalue weighted by atomic mass is 9.86. The Kier molecular flexibility index (Phi) is 4.29. The predicted octanol–water partition coefficient (Wildman–Crippen LogP) is 1.59. The highest BCUT2D eigenvalue weighted by molar-refractivity contribution is 5.85. The van der Waals surface area contributed by atoms with Crippen molar-refractivity contribution in [3.8, 4) is 0 Å². The third kappa shape index (κ3) is 3.19. The van der Waals surface area contributed by atoms with Crippen molar-refractivity contribution < 1.29 is 9.59 Å². The van der Waals surface area contributed by atoms with E-state index in [-0.39, 0.29) is 23.7 Å². The number of carbonyl (C=O) groups is 2. The highest BCUT2D eigenvalue weighted by atomic mass is 16.2. The number of carbonyl (C=O) groups excluding carboxylic acids is 2. The van der Waals surface area contributed by atoms with Gasteiger partial charge >= 0.3 is 0 Å². The second kappa shape index (κ2) is 6.57. The summed E-state index contributed by atoms with van der Waals surface area (Å²) in [7, 11) is 0. The van der Waals surface area contributed by atoms with Gasteiger partial charge in [0.05, 0.1) is 23.7 Å². The molecule has 6 heteroatoms. The van der Waals surface area contributed by atoms with Gasteiger partial charge in [-0.25, -0.2) is 0 Å². The molecule has 0 unspecified atom stereocenters. The smallest absolute Gasteiger partial charge is 0.231 e. The Bertz CT molecular complexity index is 622. The van der Waals surface area contributed by atoms with Crippen LogP contribution in [0, 0.1) is 11.8 Å². The molecule has 2 N–H and O–H groups in total. The van der Waals surface area contributed by atoms with Gasteiger partial charge in [0.25, 0.3) is 0 Å². The maximum absolute atomic E-state index is 13.0. The van der Waals surface area contributed by atoms with Crippen molar-refractivity contribution >= 4 is 11.8 Å². The maximum atomic E-state index is 13.0. The number of H-pyrrole nitrogens is 1. The molecule has 0 aromatic carbocycles. The number of amides is 2. The molecular formula is C18H26N4O2. The first kappa shape index (κ1) is 15.7. The van der Waals surface area contributed by atoms with Crippen molar-refractivity contribution in [3.05, 3.63) is 17.5 Å². The second-order valence-corrected chi connectivity index (χ2v) is 7.57. The molecule has 1 saturated carbocycles. The summed E-state index contributed by atoms with van der Waals surface area (Å²) in [5.41, 5.74) is 2.17. The van der Waals surface area contributed by atoms with Gasteiger partial charge in [-0.2, -0.15) is 5.10 Å². The van der Waals surface area contributed by atoms with Gasteiger partial charge in [0.1, 0.15) is 0 Å². The molecule has 1 saturated heterocycles. The molecular weight excluding hydrogens is 304 g/mol. The lowest BCUT2D eigenvalue weighted by molar-refractivity contribution is -0.137. The maximum Gasteiger partial charge on any atom is 0.231 e. The zero-order valence-electron chi connectivity index (χ0n) is 14.1. The highest BCUT2D eigenvalue weighted by Gasteiger charge is 2.35. The molecule has 4 rings (SSSR count). The molecule has 130 valence electrons. The number of hydrogen-bond donors (Lipinski definition) is 2. The molecule has 1 aromatic rings. The molecule has 3 aliphatic rings. The second-order valence-electron chi connectivity index (χ2n) is 7.57. The van der Waals surface area contributed by atoms with E-state index in [1.54, 1.807) is 0 Å². The molecule has 2 fully saturated rings. The summed E-state index contributed by atoms with van der Waals surface area (Å²) >= 11 is 0. The van der Waals surface area contributed by atoms with Crippen molar-refractivity contribution in [2.45, 2.75) is 50.9 Å². The van der Waals surface area contributed by atoms with Crippen LogP contribution in [0.25, 0.3) is 0 Å². The van der Waals surface area contributed by atoms with Crippen LogP contribution in [0.1, 0.15) is 55.7 Å². The van der Waals surface area contributed by atoms with Crippen molar-refractivity contribution in [3.63, 3.8) is 0 Å². The molecule has 6 nitrogen and oxygen atoms in total. The molecule has 0 spiro atoms. The number of piperidine rings is 1. The fraction of sp³-hybridized carbons (Fsp3) is 0.722. The summed E-state index contributed by atoms with van der Waals surface area (Å²) in [5, 5.41) is 10.2. The van der Waals surface area contributed by atoms with Crippen LogP contribution in [0.3, 0.4) is 0 Å². The van der Waals surface area contributed by atoms with E-state index in [0.717, 1.165) is 50.9 Å². The first-order chi connectivity index (χ1) is 11.7. The number of aromatic nitrogens is 2. The van der Waals surface area contributed by atoms with E-state index in [0.29, 0.717) is 12.5 Å². The van der Waals surface area contributed by atoms with Crippen molar-refractivity contribution in [1.29, 1.82) is 0 Å². The van der Waals surface area contributed by atoms with Crippen molar-refractivity contribution in [2.75, 3.05) is 19.6 Å². The Labute approximate surface area is 142 Å². The van der Waals surface area contributed by atoms with E-state index in [9.17, 15) is 9.59 Å². The van der Waals surface area contributed by atoms with Crippen LogP contribution in [-0.4, -0.2) is 46.5 Å². The van der Waals surface area contributed by atoms with Gasteiger partial charge in [0.2, 0.25) is 11.8 Å². The van der Waals surface area contributed by atoms with E-state index >= 15 is 0 Å². The Morgan fingerprint density at radius 2 is 2.12 bits per heavy atom. The largest absolute Gasteiger partial charge is 0.356 e. The number of aromatic amines is 1. The molecule has 24 heavy (non-hydrogen) atoms. The van der Waals surface area contributed by atoms with Gasteiger partial charge in [-0.3, -0.25) is 14.7 Å². The Morgan fingerprint density at radius 1 is 1.25 bits per heavy atom. The van der Waals surface area contributed by atoms with Crippen LogP contribution in [0.2, 0.25) is 0 Å². The number of nitrogens with one attached hydrogen (secondary N) is 2. The first-order valence-electron chi connectivity index (χ1n) is 9.31. The predicted molar refractivity (Wildman–Crippen MR) is 89.3 cm³/mol. The average Bonchev–Trinajstić information content (AvgIpc) is 3.33. The van der Waals surface area contributed by atoms with Crippen LogP contribution in [0.5, 0.6) is 0 Å². The quantitative estimate of drug-likeness (QED) is 0.880. The molecule has 0 bridgehead atoms. The van der Waals surface area contributed by atoms with Crippen LogP contribution < -0.4 is 5.32 Å². The van der Waals surface area contributed by atoms with Crippen LogP contribution >= 0.6 is 0 Å². The topological polar surface area (TPSA) is 78.1 Å². The van der Waals surface area contributed by atoms with Gasteiger partial charge in [-0.1, -0.05) is 0 Å². The van der Waals surface area contributed by atoms with Gasteiger partial charge < -0.3 is 10.2 Å². The van der Waals surface area contributed by atoms with Crippen LogP contribution in [0.15, 0.2) is 6.20 Å². The summed E-state index contributed by atoms with van der Waals surface area (Å²) in [6, 6.07) is 0. The Balaban J connectivity index is 1.39. The molecule has 2 aliphatic carbocycles. The lowest BCUT2D eigenvalue weighted by Crippen LogP contribution is -2.47. The third-order valence-corrected chi connectivity index (χ3v) is 5.70. The van der Waals surface area contributed by atoms with Crippen LogP contribution in [-0.2, 0) is 16.0 Å². The van der Waals surface area contributed by atoms with Crippen LogP contribution in [0.4, 0.5) is 0 Å². The lowest BCUT2D eigenvalue weighted by Gasteiger charge is -2.35. The minimum Gasteiger partial charge on any atom is -0.356 e. The Hall–Kier alpha value is -1.85. The minimum atomic E-state index is -0.107. The number of likely N-dealkylation sites (tertiary alicyclic amines) is 1. The Morgan fingerprint density at radius 3 is 2.96 bits per heavy atom. The fourth-order valence-corrected chi connectivity index (χ4v) is 4.03. The zero-order valence-corrected chi connectivity index (χ0v) is 14.1. The summed E-state index contributed by atoms with van der Waals surface area (Å²) in [5.74, 6) is 0.831. The zero-order chi connectivity index (χ0) is 16.5. The number of rotatable bonds is 4. The normalized spacial score (nSPS) is 26.8. The molecule has 1 aromatic heterocycles. The first-order valence-corrected chi connectivity index (χ1v) is 9.31. The SMILES string of the molecule is O=C(NCC1CC1)[C@H]1CCCN(C(=O)[C@@H]2CCCc3cn[nH]c32)C1. The molecule has 2 amide bonds. The van der Waals surface area contributed by atoms with Crippen molar-refractivity contribution in [1.82, 2.24) is 20.4 Å². The number of aryl methyl sites for hydroxylation is 1. The molecule has 0 radical (unpaired) electrons. The molecule has 2 atom stereocenters. The summed E-state index contributed by atoms with van der Waals surface area (Å²) in [4.78, 5) is 27.3. The fourth-order valence-electron chi connectivity index (χ4n) is 4.03. The average molecular weight is 330 g/mol.